The van der Waals surface area contributed by atoms with Gasteiger partial charge in [0, 0.05) is 11.1 Å². The van der Waals surface area contributed by atoms with Crippen LogP contribution in [0.15, 0.2) is 36.9 Å². The summed E-state index contributed by atoms with van der Waals surface area (Å²) in [7, 11) is 0. The smallest absolute Gasteiger partial charge is 0.123 e. The molecule has 0 radical (unpaired) electrons. The van der Waals surface area contributed by atoms with E-state index < -0.39 is 0 Å². The molecule has 0 fully saturated rings. The lowest BCUT2D eigenvalue weighted by atomic mass is 9.78. The highest BCUT2D eigenvalue weighted by Crippen LogP contribution is 2.41. The maximum Gasteiger partial charge on any atom is 0.123 e. The molecule has 0 amide bonds. The average molecular weight is 469 g/mol. The fourth-order valence-electron chi connectivity index (χ4n) is 3.90. The molecule has 0 aromatic heterocycles. The average Bonchev–Trinajstić information content (AvgIpc) is 2.61. The van der Waals surface area contributed by atoms with Crippen molar-refractivity contribution < 1.29 is 15.3 Å². The van der Waals surface area contributed by atoms with E-state index in [1.54, 1.807) is 12.1 Å². The van der Waals surface area contributed by atoms with Crippen LogP contribution >= 0.6 is 0 Å². The summed E-state index contributed by atoms with van der Waals surface area (Å²) in [6.45, 7) is 28.7. The van der Waals surface area contributed by atoms with Crippen LogP contribution in [0, 0.1) is 0 Å². The maximum absolute atomic E-state index is 10.5. The van der Waals surface area contributed by atoms with Crippen LogP contribution in [0.4, 0.5) is 0 Å². The first-order chi connectivity index (χ1) is 15.1. The zero-order valence-electron chi connectivity index (χ0n) is 23.6. The molecular weight excluding hydrogens is 420 g/mol. The predicted molar refractivity (Wildman–Crippen MR) is 147 cm³/mol. The Morgan fingerprint density at radius 2 is 0.853 bits per heavy atom. The van der Waals surface area contributed by atoms with Crippen LogP contribution in [0.3, 0.4) is 0 Å². The second-order valence-corrected chi connectivity index (χ2v) is 13.4. The summed E-state index contributed by atoms with van der Waals surface area (Å²) in [6.07, 6.45) is 2.75. The van der Waals surface area contributed by atoms with Crippen LogP contribution in [0.5, 0.6) is 17.2 Å². The molecule has 0 aliphatic rings. The quantitative estimate of drug-likeness (QED) is 0.306. The summed E-state index contributed by atoms with van der Waals surface area (Å²) in [6, 6.07) is 7.56. The standard InChI is InChI=1S/C17H26O.C14H22O2/c1-8-9-12-10-13(16(2,3)4)15(18)14(11-12)17(5,6)7;1-13(2,3)9-7-12(16)10(8-11(9)15)14(4,5)6/h8,10-11,18H,1,9H2,2-7H3;7-8,15-16H,1-6H3. The molecule has 0 spiro atoms. The van der Waals surface area contributed by atoms with Crippen molar-refractivity contribution in [1.82, 2.24) is 0 Å². The van der Waals surface area contributed by atoms with Crippen molar-refractivity contribution in [2.75, 3.05) is 0 Å². The fourth-order valence-corrected chi connectivity index (χ4v) is 3.90. The molecule has 0 aliphatic heterocycles. The first-order valence-electron chi connectivity index (χ1n) is 12.2. The number of phenolic OH excluding ortho intramolecular Hbond substituents is 3. The van der Waals surface area contributed by atoms with E-state index >= 15 is 0 Å². The third-order valence-electron chi connectivity index (χ3n) is 5.90. The maximum atomic E-state index is 10.5. The first kappa shape index (κ1) is 29.6. The van der Waals surface area contributed by atoms with Crippen molar-refractivity contribution in [2.24, 2.45) is 0 Å². The van der Waals surface area contributed by atoms with E-state index in [4.69, 9.17) is 0 Å². The van der Waals surface area contributed by atoms with Gasteiger partial charge in [-0.2, -0.15) is 0 Å². The molecule has 3 nitrogen and oxygen atoms in total. The minimum Gasteiger partial charge on any atom is -0.508 e. The van der Waals surface area contributed by atoms with Gasteiger partial charge in [-0.25, -0.2) is 0 Å². The molecule has 2 rings (SSSR count). The van der Waals surface area contributed by atoms with Gasteiger partial charge < -0.3 is 15.3 Å². The van der Waals surface area contributed by atoms with Crippen molar-refractivity contribution in [3.8, 4) is 17.2 Å². The van der Waals surface area contributed by atoms with E-state index in [2.05, 4.69) is 60.3 Å². The molecular formula is C31H48O3. The monoisotopic (exact) mass is 468 g/mol. The normalized spacial score (nSPS) is 12.7. The van der Waals surface area contributed by atoms with E-state index in [1.165, 1.54) is 5.56 Å². The second kappa shape index (κ2) is 10.1. The Bertz CT molecular complexity index is 926. The van der Waals surface area contributed by atoms with Crippen molar-refractivity contribution in [1.29, 1.82) is 0 Å². The molecule has 0 bridgehead atoms. The Balaban J connectivity index is 0.000000342. The predicted octanol–water partition coefficient (Wildman–Crippen LogP) is 8.41. The summed E-state index contributed by atoms with van der Waals surface area (Å²) < 4.78 is 0. The zero-order chi connectivity index (χ0) is 26.9. The summed E-state index contributed by atoms with van der Waals surface area (Å²) >= 11 is 0. The summed E-state index contributed by atoms with van der Waals surface area (Å²) in [5.41, 5.74) is 4.37. The highest BCUT2D eigenvalue weighted by molar-refractivity contribution is 5.51. The van der Waals surface area contributed by atoms with Gasteiger partial charge in [-0.3, -0.25) is 0 Å². The van der Waals surface area contributed by atoms with E-state index in [9.17, 15) is 15.3 Å². The lowest BCUT2D eigenvalue weighted by Gasteiger charge is -2.28. The van der Waals surface area contributed by atoms with E-state index in [-0.39, 0.29) is 33.2 Å². The molecule has 0 unspecified atom stereocenters. The van der Waals surface area contributed by atoms with Crippen LogP contribution in [0.1, 0.15) is 111 Å². The zero-order valence-corrected chi connectivity index (χ0v) is 23.6. The van der Waals surface area contributed by atoms with Gasteiger partial charge in [-0.05, 0) is 56.9 Å². The van der Waals surface area contributed by atoms with Gasteiger partial charge in [0.15, 0.2) is 0 Å². The summed E-state index contributed by atoms with van der Waals surface area (Å²) in [5, 5.41) is 30.5. The number of aromatic hydroxyl groups is 3. The Morgan fingerprint density at radius 1 is 0.559 bits per heavy atom. The Labute approximate surface area is 208 Å². The van der Waals surface area contributed by atoms with Crippen LogP contribution in [-0.2, 0) is 28.1 Å². The molecule has 2 aromatic rings. The number of allylic oxidation sites excluding steroid dienone is 1. The summed E-state index contributed by atoms with van der Waals surface area (Å²) in [4.78, 5) is 0. The van der Waals surface area contributed by atoms with Crippen LogP contribution in [0.2, 0.25) is 0 Å². The minimum atomic E-state index is -0.169. The number of hydrogen-bond donors (Lipinski definition) is 3. The van der Waals surface area contributed by atoms with Crippen molar-refractivity contribution >= 4 is 0 Å². The number of hydrogen-bond acceptors (Lipinski definition) is 3. The number of rotatable bonds is 2. The van der Waals surface area contributed by atoms with E-state index in [0.717, 1.165) is 28.7 Å². The molecule has 34 heavy (non-hydrogen) atoms. The van der Waals surface area contributed by atoms with Gasteiger partial charge in [0.05, 0.1) is 0 Å². The summed E-state index contributed by atoms with van der Waals surface area (Å²) in [5.74, 6) is 0.966. The largest absolute Gasteiger partial charge is 0.508 e. The Hall–Kier alpha value is -2.42. The Morgan fingerprint density at radius 3 is 1.09 bits per heavy atom. The molecule has 0 saturated carbocycles. The molecule has 0 aliphatic carbocycles. The highest BCUT2D eigenvalue weighted by atomic mass is 16.3. The van der Waals surface area contributed by atoms with Gasteiger partial charge in [0.1, 0.15) is 17.2 Å². The first-order valence-corrected chi connectivity index (χ1v) is 12.2. The van der Waals surface area contributed by atoms with Gasteiger partial charge in [0.25, 0.3) is 0 Å². The molecule has 2 aromatic carbocycles. The number of benzene rings is 2. The molecule has 190 valence electrons. The van der Waals surface area contributed by atoms with Crippen molar-refractivity contribution in [3.63, 3.8) is 0 Å². The number of phenols is 3. The highest BCUT2D eigenvalue weighted by Gasteiger charge is 2.26. The van der Waals surface area contributed by atoms with Gasteiger partial charge in [0.2, 0.25) is 0 Å². The van der Waals surface area contributed by atoms with Gasteiger partial charge in [-0.1, -0.05) is 101 Å². The van der Waals surface area contributed by atoms with Crippen molar-refractivity contribution in [2.45, 2.75) is 111 Å². The van der Waals surface area contributed by atoms with Gasteiger partial charge >= 0.3 is 0 Å². The lowest BCUT2D eigenvalue weighted by Crippen LogP contribution is -2.17. The van der Waals surface area contributed by atoms with Crippen LogP contribution < -0.4 is 0 Å². The molecule has 0 saturated heterocycles. The van der Waals surface area contributed by atoms with Crippen LogP contribution in [-0.4, -0.2) is 15.3 Å². The van der Waals surface area contributed by atoms with Crippen LogP contribution in [0.25, 0.3) is 0 Å². The minimum absolute atomic E-state index is 0.0543. The molecule has 0 heterocycles. The van der Waals surface area contributed by atoms with E-state index in [1.807, 2.05) is 47.6 Å². The SMILES string of the molecule is C=CCc1cc(C(C)(C)C)c(O)c(C(C)(C)C)c1.CC(C)(C)c1cc(O)c(C(C)(C)C)cc1O. The topological polar surface area (TPSA) is 60.7 Å². The lowest BCUT2D eigenvalue weighted by molar-refractivity contribution is 0.419. The van der Waals surface area contributed by atoms with Gasteiger partial charge in [-0.15, -0.1) is 6.58 Å². The fraction of sp³-hybridized carbons (Fsp3) is 0.548. The Kier molecular flexibility index (Phi) is 8.76. The molecule has 3 N–H and O–H groups in total. The van der Waals surface area contributed by atoms with E-state index in [0.29, 0.717) is 5.75 Å². The second-order valence-electron chi connectivity index (χ2n) is 13.4. The molecule has 0 atom stereocenters. The third kappa shape index (κ3) is 7.55. The molecule has 3 heteroatoms. The third-order valence-corrected chi connectivity index (χ3v) is 5.90. The van der Waals surface area contributed by atoms with Crippen molar-refractivity contribution in [3.05, 3.63) is 64.7 Å².